The Kier molecular flexibility index (Phi) is 4.59. The monoisotopic (exact) mass is 288 g/mol. The highest BCUT2D eigenvalue weighted by Gasteiger charge is 2.32. The smallest absolute Gasteiger partial charge is 0.220 e. The van der Waals surface area contributed by atoms with Crippen molar-refractivity contribution in [2.45, 2.75) is 44.4 Å². The van der Waals surface area contributed by atoms with Crippen LogP contribution < -0.4 is 0 Å². The van der Waals surface area contributed by atoms with Crippen LogP contribution in [0.3, 0.4) is 0 Å². The van der Waals surface area contributed by atoms with E-state index in [9.17, 15) is 8.42 Å². The summed E-state index contributed by atoms with van der Waals surface area (Å²) in [4.78, 5) is 0. The lowest BCUT2D eigenvalue weighted by atomic mass is 10.2. The fraction of sp³-hybridized carbons (Fsp3) is 0.750. The third kappa shape index (κ3) is 3.55. The van der Waals surface area contributed by atoms with Crippen molar-refractivity contribution in [2.75, 3.05) is 13.2 Å². The molecule has 0 bridgehead atoms. The van der Waals surface area contributed by atoms with Gasteiger partial charge in [-0.15, -0.1) is 0 Å². The van der Waals surface area contributed by atoms with Gasteiger partial charge in [0.25, 0.3) is 0 Å². The van der Waals surface area contributed by atoms with Crippen LogP contribution in [0.15, 0.2) is 10.6 Å². The number of hydrogen-bond donors (Lipinski definition) is 1. The summed E-state index contributed by atoms with van der Waals surface area (Å²) >= 11 is 0. The maximum atomic E-state index is 12.4. The zero-order valence-electron chi connectivity index (χ0n) is 11.1. The van der Waals surface area contributed by atoms with Crippen LogP contribution in [0.2, 0.25) is 0 Å². The van der Waals surface area contributed by atoms with E-state index in [0.717, 1.165) is 25.7 Å². The number of aliphatic hydroxyl groups excluding tert-OH is 1. The lowest BCUT2D eigenvalue weighted by Gasteiger charge is -2.26. The van der Waals surface area contributed by atoms with Crippen molar-refractivity contribution in [1.82, 2.24) is 9.46 Å². The van der Waals surface area contributed by atoms with Gasteiger partial charge in [-0.1, -0.05) is 18.0 Å². The second-order valence-electron chi connectivity index (χ2n) is 4.96. The molecule has 0 unspecified atom stereocenters. The van der Waals surface area contributed by atoms with E-state index in [2.05, 4.69) is 5.16 Å². The largest absolute Gasteiger partial charge is 0.395 e. The van der Waals surface area contributed by atoms with E-state index in [1.807, 2.05) is 0 Å². The molecule has 1 aliphatic carbocycles. The fourth-order valence-corrected chi connectivity index (χ4v) is 4.30. The van der Waals surface area contributed by atoms with Crippen molar-refractivity contribution in [3.05, 3.63) is 17.5 Å². The van der Waals surface area contributed by atoms with Crippen LogP contribution in [0.4, 0.5) is 0 Å². The lowest BCUT2D eigenvalue weighted by molar-refractivity contribution is 0.226. The molecule has 108 valence electrons. The van der Waals surface area contributed by atoms with Gasteiger partial charge in [-0.3, -0.25) is 0 Å². The topological polar surface area (TPSA) is 83.6 Å². The van der Waals surface area contributed by atoms with Gasteiger partial charge in [-0.25, -0.2) is 8.42 Å². The molecule has 0 amide bonds. The Bertz CT molecular complexity index is 506. The third-order valence-corrected chi connectivity index (χ3v) is 5.27. The highest BCUT2D eigenvalue weighted by molar-refractivity contribution is 7.88. The summed E-state index contributed by atoms with van der Waals surface area (Å²) in [7, 11) is -3.46. The van der Waals surface area contributed by atoms with E-state index >= 15 is 0 Å². The Hall–Kier alpha value is -0.920. The molecule has 19 heavy (non-hydrogen) atoms. The minimum atomic E-state index is -3.46. The number of aromatic nitrogens is 1. The molecule has 1 saturated carbocycles. The Morgan fingerprint density at radius 2 is 2.16 bits per heavy atom. The van der Waals surface area contributed by atoms with Crippen LogP contribution >= 0.6 is 0 Å². The summed E-state index contributed by atoms with van der Waals surface area (Å²) < 4.78 is 31.2. The lowest BCUT2D eigenvalue weighted by Crippen LogP contribution is -2.41. The highest BCUT2D eigenvalue weighted by atomic mass is 32.2. The molecule has 1 heterocycles. The van der Waals surface area contributed by atoms with Gasteiger partial charge in [0, 0.05) is 18.7 Å². The molecule has 0 spiro atoms. The van der Waals surface area contributed by atoms with E-state index in [1.54, 1.807) is 13.0 Å². The second kappa shape index (κ2) is 6.02. The maximum absolute atomic E-state index is 12.4. The van der Waals surface area contributed by atoms with E-state index in [1.165, 1.54) is 4.31 Å². The zero-order chi connectivity index (χ0) is 13.9. The average Bonchev–Trinajstić information content (AvgIpc) is 2.97. The minimum absolute atomic E-state index is 0.0187. The Balaban J connectivity index is 2.14. The number of aryl methyl sites for hydroxylation is 1. The van der Waals surface area contributed by atoms with Crippen molar-refractivity contribution in [3.63, 3.8) is 0 Å². The molecule has 7 heteroatoms. The van der Waals surface area contributed by atoms with Gasteiger partial charge in [-0.2, -0.15) is 4.31 Å². The quantitative estimate of drug-likeness (QED) is 0.846. The van der Waals surface area contributed by atoms with E-state index in [-0.39, 0.29) is 24.9 Å². The van der Waals surface area contributed by atoms with Crippen molar-refractivity contribution < 1.29 is 18.0 Å². The summed E-state index contributed by atoms with van der Waals surface area (Å²) in [5.41, 5.74) is 0.415. The van der Waals surface area contributed by atoms with E-state index < -0.39 is 10.0 Å². The first-order valence-electron chi connectivity index (χ1n) is 6.55. The van der Waals surface area contributed by atoms with Gasteiger partial charge in [0.15, 0.2) is 0 Å². The van der Waals surface area contributed by atoms with Crippen molar-refractivity contribution in [2.24, 2.45) is 0 Å². The number of nitrogens with zero attached hydrogens (tertiary/aromatic N) is 2. The summed E-state index contributed by atoms with van der Waals surface area (Å²) in [6, 6.07) is 1.65. The van der Waals surface area contributed by atoms with Gasteiger partial charge in [0.05, 0.1) is 6.61 Å². The number of hydrogen-bond acceptors (Lipinski definition) is 5. The standard InChI is InChI=1S/C12H20N2O4S/c1-10-8-11(13-18-10)9-19(16,17)14(6-7-15)12-4-2-3-5-12/h8,12,15H,2-7,9H2,1H3. The van der Waals surface area contributed by atoms with Gasteiger partial charge < -0.3 is 9.63 Å². The summed E-state index contributed by atoms with van der Waals surface area (Å²) in [6.45, 7) is 1.73. The predicted molar refractivity (Wildman–Crippen MR) is 69.9 cm³/mol. The van der Waals surface area contributed by atoms with Crippen LogP contribution in [-0.2, 0) is 15.8 Å². The maximum Gasteiger partial charge on any atom is 0.220 e. The van der Waals surface area contributed by atoms with Crippen LogP contribution in [0.25, 0.3) is 0 Å². The molecule has 1 aliphatic rings. The van der Waals surface area contributed by atoms with Gasteiger partial charge in [-0.05, 0) is 19.8 Å². The molecule has 0 aliphatic heterocycles. The summed E-state index contributed by atoms with van der Waals surface area (Å²) in [5.74, 6) is 0.431. The molecule has 0 radical (unpaired) electrons. The van der Waals surface area contributed by atoms with Gasteiger partial charge in [0.1, 0.15) is 17.2 Å². The first kappa shape index (κ1) is 14.5. The van der Waals surface area contributed by atoms with Crippen LogP contribution in [0.1, 0.15) is 37.1 Å². The van der Waals surface area contributed by atoms with Crippen LogP contribution in [-0.4, -0.2) is 42.2 Å². The van der Waals surface area contributed by atoms with Crippen molar-refractivity contribution in [3.8, 4) is 0 Å². The highest BCUT2D eigenvalue weighted by Crippen LogP contribution is 2.26. The first-order valence-corrected chi connectivity index (χ1v) is 8.16. The average molecular weight is 288 g/mol. The SMILES string of the molecule is Cc1cc(CS(=O)(=O)N(CCO)C2CCCC2)no1. The number of sulfonamides is 1. The zero-order valence-corrected chi connectivity index (χ0v) is 11.9. The van der Waals surface area contributed by atoms with E-state index in [4.69, 9.17) is 9.63 Å². The summed E-state index contributed by atoms with van der Waals surface area (Å²) in [6.07, 6.45) is 3.84. The van der Waals surface area contributed by atoms with Gasteiger partial charge >= 0.3 is 0 Å². The molecule has 2 rings (SSSR count). The molecule has 1 fully saturated rings. The second-order valence-corrected chi connectivity index (χ2v) is 6.88. The molecule has 1 N–H and O–H groups in total. The normalized spacial score (nSPS) is 17.4. The third-order valence-electron chi connectivity index (χ3n) is 3.42. The fourth-order valence-electron chi connectivity index (χ4n) is 2.60. The summed E-state index contributed by atoms with van der Waals surface area (Å²) in [5, 5.41) is 12.8. The minimum Gasteiger partial charge on any atom is -0.395 e. The molecular weight excluding hydrogens is 268 g/mol. The Labute approximate surface area is 113 Å². The Morgan fingerprint density at radius 1 is 1.47 bits per heavy atom. The molecule has 0 aromatic carbocycles. The van der Waals surface area contributed by atoms with E-state index in [0.29, 0.717) is 11.5 Å². The number of rotatable bonds is 6. The Morgan fingerprint density at radius 3 is 2.68 bits per heavy atom. The molecule has 1 aromatic rings. The molecular formula is C12H20N2O4S. The molecule has 0 atom stereocenters. The van der Waals surface area contributed by atoms with Crippen LogP contribution in [0.5, 0.6) is 0 Å². The van der Waals surface area contributed by atoms with Crippen molar-refractivity contribution >= 4 is 10.0 Å². The first-order chi connectivity index (χ1) is 9.03. The molecule has 1 aromatic heterocycles. The molecule has 6 nitrogen and oxygen atoms in total. The van der Waals surface area contributed by atoms with Crippen molar-refractivity contribution in [1.29, 1.82) is 0 Å². The predicted octanol–water partition coefficient (Wildman–Crippen LogP) is 1.05. The number of aliphatic hydroxyl groups is 1. The van der Waals surface area contributed by atoms with Crippen LogP contribution in [0, 0.1) is 6.92 Å². The van der Waals surface area contributed by atoms with Gasteiger partial charge in [0.2, 0.25) is 10.0 Å². The molecule has 0 saturated heterocycles.